The summed E-state index contributed by atoms with van der Waals surface area (Å²) in [7, 11) is 0. The molecule has 0 radical (unpaired) electrons. The maximum atomic E-state index is 12.0. The molecule has 1 aromatic rings. The van der Waals surface area contributed by atoms with E-state index in [-0.39, 0.29) is 18.8 Å². The SMILES string of the molecule is CC(C)(C)OC(=O)N1CCC(OC(=O)COc2ccc(Cl)cc2Cl)CC1. The van der Waals surface area contributed by atoms with Crippen molar-refractivity contribution in [2.24, 2.45) is 0 Å². The van der Waals surface area contributed by atoms with E-state index >= 15 is 0 Å². The van der Waals surface area contributed by atoms with Gasteiger partial charge in [0, 0.05) is 31.0 Å². The molecule has 8 heteroatoms. The van der Waals surface area contributed by atoms with Crippen LogP contribution in [0.15, 0.2) is 18.2 Å². The Bertz CT molecular complexity index is 651. The number of carbonyl (C=O) groups is 2. The molecule has 0 aromatic heterocycles. The summed E-state index contributed by atoms with van der Waals surface area (Å²) in [4.78, 5) is 25.6. The Hall–Kier alpha value is -1.66. The van der Waals surface area contributed by atoms with Crippen LogP contribution in [0.5, 0.6) is 5.75 Å². The van der Waals surface area contributed by atoms with Gasteiger partial charge in [0.2, 0.25) is 0 Å². The highest BCUT2D eigenvalue weighted by Gasteiger charge is 2.28. The Balaban J connectivity index is 1.73. The summed E-state index contributed by atoms with van der Waals surface area (Å²) in [5.74, 6) is -0.112. The average Bonchev–Trinajstić information content (AvgIpc) is 2.53. The Labute approximate surface area is 163 Å². The molecule has 1 fully saturated rings. The summed E-state index contributed by atoms with van der Waals surface area (Å²) >= 11 is 11.8. The van der Waals surface area contributed by atoms with Crippen LogP contribution < -0.4 is 4.74 Å². The van der Waals surface area contributed by atoms with E-state index < -0.39 is 11.6 Å². The van der Waals surface area contributed by atoms with Gasteiger partial charge in [-0.15, -0.1) is 0 Å². The zero-order chi connectivity index (χ0) is 19.3. The van der Waals surface area contributed by atoms with E-state index in [1.54, 1.807) is 17.0 Å². The molecule has 1 aromatic carbocycles. The zero-order valence-corrected chi connectivity index (χ0v) is 16.6. The Morgan fingerprint density at radius 1 is 1.19 bits per heavy atom. The molecule has 6 nitrogen and oxygen atoms in total. The van der Waals surface area contributed by atoms with Crippen LogP contribution in [0, 0.1) is 0 Å². The minimum absolute atomic E-state index is 0.242. The second kappa shape index (κ2) is 8.82. The van der Waals surface area contributed by atoms with E-state index in [1.165, 1.54) is 6.07 Å². The number of ether oxygens (including phenoxy) is 3. The van der Waals surface area contributed by atoms with Crippen molar-refractivity contribution >= 4 is 35.3 Å². The molecule has 0 N–H and O–H groups in total. The van der Waals surface area contributed by atoms with Crippen LogP contribution in [0.25, 0.3) is 0 Å². The van der Waals surface area contributed by atoms with Crippen molar-refractivity contribution in [2.45, 2.75) is 45.3 Å². The molecule has 0 atom stereocenters. The summed E-state index contributed by atoms with van der Waals surface area (Å²) in [6.45, 7) is 6.20. The van der Waals surface area contributed by atoms with Crippen molar-refractivity contribution in [1.29, 1.82) is 0 Å². The molecule has 26 heavy (non-hydrogen) atoms. The van der Waals surface area contributed by atoms with Gasteiger partial charge < -0.3 is 19.1 Å². The van der Waals surface area contributed by atoms with Crippen LogP contribution in [0.3, 0.4) is 0 Å². The molecule has 0 aliphatic carbocycles. The third-order valence-electron chi connectivity index (χ3n) is 3.63. The van der Waals surface area contributed by atoms with Gasteiger partial charge in [0.05, 0.1) is 5.02 Å². The van der Waals surface area contributed by atoms with Gasteiger partial charge in [-0.05, 0) is 39.0 Å². The first-order chi connectivity index (χ1) is 12.1. The van der Waals surface area contributed by atoms with Gasteiger partial charge in [-0.1, -0.05) is 23.2 Å². The topological polar surface area (TPSA) is 65.1 Å². The number of halogens is 2. The van der Waals surface area contributed by atoms with E-state index in [4.69, 9.17) is 37.4 Å². The predicted octanol–water partition coefficient (Wildman–Crippen LogP) is 4.31. The van der Waals surface area contributed by atoms with Crippen molar-refractivity contribution in [2.75, 3.05) is 19.7 Å². The summed E-state index contributed by atoms with van der Waals surface area (Å²) in [5.41, 5.74) is -0.527. The Morgan fingerprint density at radius 2 is 1.85 bits per heavy atom. The van der Waals surface area contributed by atoms with E-state index in [9.17, 15) is 9.59 Å². The first kappa shape index (κ1) is 20.6. The summed E-state index contributed by atoms with van der Waals surface area (Å²) in [6, 6.07) is 4.76. The summed E-state index contributed by atoms with van der Waals surface area (Å²) in [5, 5.41) is 0.817. The summed E-state index contributed by atoms with van der Waals surface area (Å²) < 4.78 is 16.1. The van der Waals surface area contributed by atoms with E-state index in [0.29, 0.717) is 41.7 Å². The van der Waals surface area contributed by atoms with Crippen LogP contribution in [0.2, 0.25) is 10.0 Å². The fourth-order valence-corrected chi connectivity index (χ4v) is 2.89. The first-order valence-corrected chi connectivity index (χ1v) is 9.15. The van der Waals surface area contributed by atoms with Crippen LogP contribution in [-0.2, 0) is 14.3 Å². The molecule has 1 aliphatic rings. The average molecular weight is 404 g/mol. The highest BCUT2D eigenvalue weighted by atomic mass is 35.5. The van der Waals surface area contributed by atoms with Gasteiger partial charge >= 0.3 is 12.1 Å². The van der Waals surface area contributed by atoms with Crippen LogP contribution in [0.4, 0.5) is 4.79 Å². The molecular weight excluding hydrogens is 381 g/mol. The maximum absolute atomic E-state index is 12.0. The van der Waals surface area contributed by atoms with Gasteiger partial charge in [-0.25, -0.2) is 9.59 Å². The van der Waals surface area contributed by atoms with Crippen molar-refractivity contribution in [1.82, 2.24) is 4.90 Å². The number of piperidine rings is 1. The third-order valence-corrected chi connectivity index (χ3v) is 4.16. The number of hydrogen-bond donors (Lipinski definition) is 0. The number of likely N-dealkylation sites (tertiary alicyclic amines) is 1. The molecule has 1 heterocycles. The number of rotatable bonds is 4. The van der Waals surface area contributed by atoms with Crippen molar-refractivity contribution in [3.8, 4) is 5.75 Å². The lowest BCUT2D eigenvalue weighted by Crippen LogP contribution is -2.44. The number of amides is 1. The Kier molecular flexibility index (Phi) is 7.01. The molecule has 0 unspecified atom stereocenters. The van der Waals surface area contributed by atoms with Gasteiger partial charge in [0.25, 0.3) is 0 Å². The van der Waals surface area contributed by atoms with E-state index in [2.05, 4.69) is 0 Å². The molecule has 0 bridgehead atoms. The van der Waals surface area contributed by atoms with Gasteiger partial charge in [0.1, 0.15) is 17.5 Å². The van der Waals surface area contributed by atoms with Crippen LogP contribution >= 0.6 is 23.2 Å². The van der Waals surface area contributed by atoms with Crippen molar-refractivity contribution in [3.05, 3.63) is 28.2 Å². The fourth-order valence-electron chi connectivity index (χ4n) is 2.43. The molecule has 1 amide bonds. The normalized spacial score (nSPS) is 15.5. The zero-order valence-electron chi connectivity index (χ0n) is 15.1. The molecule has 2 rings (SSSR count). The maximum Gasteiger partial charge on any atom is 0.410 e. The number of hydrogen-bond acceptors (Lipinski definition) is 5. The lowest BCUT2D eigenvalue weighted by atomic mass is 10.1. The minimum atomic E-state index is -0.527. The second-order valence-corrected chi connectivity index (χ2v) is 7.86. The third kappa shape index (κ3) is 6.57. The van der Waals surface area contributed by atoms with Gasteiger partial charge in [-0.3, -0.25) is 0 Å². The Morgan fingerprint density at radius 3 is 2.42 bits per heavy atom. The van der Waals surface area contributed by atoms with Crippen LogP contribution in [-0.4, -0.2) is 48.4 Å². The lowest BCUT2D eigenvalue weighted by molar-refractivity contribution is -0.153. The number of esters is 1. The molecule has 1 saturated heterocycles. The molecular formula is C18H23Cl2NO5. The molecule has 144 valence electrons. The fraction of sp³-hybridized carbons (Fsp3) is 0.556. The minimum Gasteiger partial charge on any atom is -0.480 e. The summed E-state index contributed by atoms with van der Waals surface area (Å²) in [6.07, 6.45) is 0.535. The largest absolute Gasteiger partial charge is 0.480 e. The lowest BCUT2D eigenvalue weighted by Gasteiger charge is -2.33. The van der Waals surface area contributed by atoms with E-state index in [1.807, 2.05) is 20.8 Å². The number of benzene rings is 1. The van der Waals surface area contributed by atoms with Gasteiger partial charge in [-0.2, -0.15) is 0 Å². The first-order valence-electron chi connectivity index (χ1n) is 8.39. The monoisotopic (exact) mass is 403 g/mol. The molecule has 0 saturated carbocycles. The van der Waals surface area contributed by atoms with Gasteiger partial charge in [0.15, 0.2) is 6.61 Å². The highest BCUT2D eigenvalue weighted by molar-refractivity contribution is 6.35. The number of carbonyl (C=O) groups excluding carboxylic acids is 2. The van der Waals surface area contributed by atoms with Crippen molar-refractivity contribution in [3.63, 3.8) is 0 Å². The van der Waals surface area contributed by atoms with E-state index in [0.717, 1.165) is 0 Å². The smallest absolute Gasteiger partial charge is 0.410 e. The number of nitrogens with zero attached hydrogens (tertiary/aromatic N) is 1. The van der Waals surface area contributed by atoms with Crippen LogP contribution in [0.1, 0.15) is 33.6 Å². The van der Waals surface area contributed by atoms with Crippen molar-refractivity contribution < 1.29 is 23.8 Å². The highest BCUT2D eigenvalue weighted by Crippen LogP contribution is 2.27. The molecule has 1 aliphatic heterocycles. The molecule has 0 spiro atoms. The second-order valence-electron chi connectivity index (χ2n) is 7.02. The standard InChI is InChI=1S/C18H23Cl2NO5/c1-18(2,3)26-17(23)21-8-6-13(7-9-21)25-16(22)11-24-15-5-4-12(19)10-14(15)20/h4-5,10,13H,6-9,11H2,1-3H3. The predicted molar refractivity (Wildman–Crippen MR) is 98.9 cm³/mol. The quantitative estimate of drug-likeness (QED) is 0.700.